The Morgan fingerprint density at radius 2 is 1.81 bits per heavy atom. The molecule has 112 valence electrons. The summed E-state index contributed by atoms with van der Waals surface area (Å²) in [6.07, 6.45) is 0. The van der Waals surface area contributed by atoms with Gasteiger partial charge in [0.15, 0.2) is 17.4 Å². The third kappa shape index (κ3) is 3.79. The molecule has 1 aromatic carbocycles. The molecule has 0 fully saturated rings. The van der Waals surface area contributed by atoms with E-state index in [1.165, 1.54) is 5.56 Å². The van der Waals surface area contributed by atoms with Crippen LogP contribution in [0.3, 0.4) is 0 Å². The third-order valence-corrected chi connectivity index (χ3v) is 3.28. The number of benzene rings is 1. The van der Waals surface area contributed by atoms with Crippen LogP contribution in [-0.4, -0.2) is 35.4 Å². The molecule has 1 heterocycles. The minimum Gasteiger partial charge on any atom is -0.380 e. The number of nitrogens with zero attached hydrogens (tertiary/aromatic N) is 4. The Hall–Kier alpha value is -2.41. The van der Waals surface area contributed by atoms with Crippen molar-refractivity contribution in [2.24, 2.45) is 26.8 Å². The first-order chi connectivity index (χ1) is 10.1. The number of anilines is 1. The van der Waals surface area contributed by atoms with Crippen molar-refractivity contribution in [2.75, 3.05) is 18.5 Å². The molecule has 5 N–H and O–H groups in total. The summed E-state index contributed by atoms with van der Waals surface area (Å²) in [6.45, 7) is 7.27. The maximum absolute atomic E-state index is 5.64. The van der Waals surface area contributed by atoms with E-state index in [1.54, 1.807) is 0 Å². The molecular weight excluding hydrogens is 266 g/mol. The number of nitrogens with two attached hydrogens (primary N) is 2. The Labute approximate surface area is 124 Å². The maximum atomic E-state index is 5.64. The normalized spacial score (nSPS) is 14.1. The van der Waals surface area contributed by atoms with Crippen molar-refractivity contribution in [2.45, 2.75) is 20.4 Å². The molecule has 0 bridgehead atoms. The van der Waals surface area contributed by atoms with Gasteiger partial charge in [-0.2, -0.15) is 5.10 Å². The second-order valence-corrected chi connectivity index (χ2v) is 4.70. The Morgan fingerprint density at radius 1 is 1.14 bits per heavy atom. The molecule has 0 aliphatic carbocycles. The molecule has 0 unspecified atom stereocenters. The van der Waals surface area contributed by atoms with Crippen molar-refractivity contribution in [3.8, 4) is 0 Å². The van der Waals surface area contributed by atoms with Gasteiger partial charge >= 0.3 is 0 Å². The standard InChI is InChI=1S/C14H21N7/c1-3-21(4-2)9-10-6-5-7-11(8-10)17-18-12-13(15)19-20-14(12)16/h5-8,17H,3-4,9H2,1-2H3,(H4,15,16,18,19,20). The first kappa shape index (κ1) is 15.0. The SMILES string of the molecule is CCN(CC)Cc1cccc(NN=C2C(N)=NN=C2N)c1. The predicted octanol–water partition coefficient (Wildman–Crippen LogP) is 0.939. The number of hydrazone groups is 1. The van der Waals surface area contributed by atoms with Crippen LogP contribution in [0.5, 0.6) is 0 Å². The minimum absolute atomic E-state index is 0.222. The molecule has 0 radical (unpaired) electrons. The Kier molecular flexibility index (Phi) is 4.89. The monoisotopic (exact) mass is 287 g/mol. The largest absolute Gasteiger partial charge is 0.380 e. The minimum atomic E-state index is 0.222. The molecule has 2 rings (SSSR count). The highest BCUT2D eigenvalue weighted by Gasteiger charge is 2.16. The van der Waals surface area contributed by atoms with Crippen LogP contribution in [0.4, 0.5) is 5.69 Å². The van der Waals surface area contributed by atoms with Crippen LogP contribution in [0.25, 0.3) is 0 Å². The number of rotatable bonds is 6. The zero-order valence-electron chi connectivity index (χ0n) is 12.4. The fourth-order valence-electron chi connectivity index (χ4n) is 2.01. The molecule has 0 atom stereocenters. The van der Waals surface area contributed by atoms with Crippen LogP contribution in [0.2, 0.25) is 0 Å². The average Bonchev–Trinajstić information content (AvgIpc) is 2.82. The van der Waals surface area contributed by atoms with Crippen LogP contribution in [0.1, 0.15) is 19.4 Å². The summed E-state index contributed by atoms with van der Waals surface area (Å²) in [4.78, 5) is 2.34. The van der Waals surface area contributed by atoms with E-state index in [0.717, 1.165) is 25.3 Å². The first-order valence-corrected chi connectivity index (χ1v) is 6.96. The van der Waals surface area contributed by atoms with E-state index in [9.17, 15) is 0 Å². The van der Waals surface area contributed by atoms with E-state index in [4.69, 9.17) is 11.5 Å². The molecule has 1 aromatic rings. The molecule has 1 aliphatic heterocycles. The van der Waals surface area contributed by atoms with E-state index < -0.39 is 0 Å². The highest BCUT2D eigenvalue weighted by molar-refractivity contribution is 6.68. The molecule has 0 saturated heterocycles. The van der Waals surface area contributed by atoms with Gasteiger partial charge in [0.2, 0.25) is 0 Å². The predicted molar refractivity (Wildman–Crippen MR) is 87.4 cm³/mol. The Balaban J connectivity index is 2.06. The van der Waals surface area contributed by atoms with Crippen LogP contribution < -0.4 is 16.9 Å². The molecule has 7 heteroatoms. The van der Waals surface area contributed by atoms with Gasteiger partial charge in [0.25, 0.3) is 0 Å². The van der Waals surface area contributed by atoms with Gasteiger partial charge in [-0.15, -0.1) is 10.2 Å². The maximum Gasteiger partial charge on any atom is 0.177 e. The van der Waals surface area contributed by atoms with Crippen molar-refractivity contribution in [1.82, 2.24) is 4.90 Å². The fraction of sp³-hybridized carbons (Fsp3) is 0.357. The van der Waals surface area contributed by atoms with Gasteiger partial charge in [-0.05, 0) is 30.8 Å². The molecule has 0 spiro atoms. The highest BCUT2D eigenvalue weighted by atomic mass is 15.4. The molecule has 0 amide bonds. The van der Waals surface area contributed by atoms with Crippen molar-refractivity contribution >= 4 is 23.1 Å². The number of amidine groups is 2. The van der Waals surface area contributed by atoms with E-state index in [0.29, 0.717) is 5.71 Å². The summed E-state index contributed by atoms with van der Waals surface area (Å²) in [5.74, 6) is 0.443. The van der Waals surface area contributed by atoms with E-state index in [1.807, 2.05) is 12.1 Å². The van der Waals surface area contributed by atoms with Crippen LogP contribution in [0.15, 0.2) is 39.6 Å². The van der Waals surface area contributed by atoms with Crippen molar-refractivity contribution in [3.05, 3.63) is 29.8 Å². The molecular formula is C14H21N7. The number of nitrogens with one attached hydrogen (secondary N) is 1. The second-order valence-electron chi connectivity index (χ2n) is 4.70. The summed E-state index contributed by atoms with van der Waals surface area (Å²) in [5, 5.41) is 11.5. The molecule has 7 nitrogen and oxygen atoms in total. The Bertz CT molecular complexity index is 565. The lowest BCUT2D eigenvalue weighted by molar-refractivity contribution is 0.296. The van der Waals surface area contributed by atoms with Gasteiger partial charge < -0.3 is 11.5 Å². The van der Waals surface area contributed by atoms with Gasteiger partial charge in [0, 0.05) is 6.54 Å². The molecule has 21 heavy (non-hydrogen) atoms. The second kappa shape index (κ2) is 6.85. The smallest absolute Gasteiger partial charge is 0.177 e. The van der Waals surface area contributed by atoms with Crippen molar-refractivity contribution in [1.29, 1.82) is 0 Å². The van der Waals surface area contributed by atoms with Crippen molar-refractivity contribution < 1.29 is 0 Å². The van der Waals surface area contributed by atoms with Gasteiger partial charge in [-0.25, -0.2) is 0 Å². The van der Waals surface area contributed by atoms with Crippen LogP contribution >= 0.6 is 0 Å². The van der Waals surface area contributed by atoms with Gasteiger partial charge in [0.05, 0.1) is 5.69 Å². The topological polar surface area (TPSA) is 104 Å². The lowest BCUT2D eigenvalue weighted by Gasteiger charge is -2.18. The zero-order valence-corrected chi connectivity index (χ0v) is 12.4. The van der Waals surface area contributed by atoms with E-state index in [-0.39, 0.29) is 11.7 Å². The van der Waals surface area contributed by atoms with Gasteiger partial charge in [-0.3, -0.25) is 10.3 Å². The first-order valence-electron chi connectivity index (χ1n) is 6.96. The number of hydrogen-bond acceptors (Lipinski definition) is 7. The number of hydrogen-bond donors (Lipinski definition) is 3. The van der Waals surface area contributed by atoms with E-state index >= 15 is 0 Å². The quantitative estimate of drug-likeness (QED) is 0.677. The lowest BCUT2D eigenvalue weighted by Crippen LogP contribution is -2.32. The van der Waals surface area contributed by atoms with Crippen LogP contribution in [-0.2, 0) is 6.54 Å². The molecule has 0 saturated carbocycles. The van der Waals surface area contributed by atoms with Crippen molar-refractivity contribution in [3.63, 3.8) is 0 Å². The van der Waals surface area contributed by atoms with Gasteiger partial charge in [0.1, 0.15) is 0 Å². The zero-order chi connectivity index (χ0) is 15.2. The van der Waals surface area contributed by atoms with E-state index in [2.05, 4.69) is 51.6 Å². The summed E-state index contributed by atoms with van der Waals surface area (Å²) in [5.41, 5.74) is 16.7. The Morgan fingerprint density at radius 3 is 2.43 bits per heavy atom. The van der Waals surface area contributed by atoms with Gasteiger partial charge in [-0.1, -0.05) is 26.0 Å². The summed E-state index contributed by atoms with van der Waals surface area (Å²) in [6, 6.07) is 8.08. The third-order valence-electron chi connectivity index (χ3n) is 3.28. The summed E-state index contributed by atoms with van der Waals surface area (Å²) < 4.78 is 0. The summed E-state index contributed by atoms with van der Waals surface area (Å²) >= 11 is 0. The lowest BCUT2D eigenvalue weighted by atomic mass is 10.2. The molecule has 0 aromatic heterocycles. The summed E-state index contributed by atoms with van der Waals surface area (Å²) in [7, 11) is 0. The fourth-order valence-corrected chi connectivity index (χ4v) is 2.01. The highest BCUT2D eigenvalue weighted by Crippen LogP contribution is 2.13. The van der Waals surface area contributed by atoms with Crippen LogP contribution in [0, 0.1) is 0 Å². The molecule has 1 aliphatic rings. The average molecular weight is 287 g/mol.